The van der Waals surface area contributed by atoms with Crippen molar-refractivity contribution in [1.82, 2.24) is 10.2 Å². The van der Waals surface area contributed by atoms with E-state index in [4.69, 9.17) is 4.74 Å². The van der Waals surface area contributed by atoms with Gasteiger partial charge in [-0.2, -0.15) is 0 Å². The summed E-state index contributed by atoms with van der Waals surface area (Å²) in [5.41, 5.74) is 0. The van der Waals surface area contributed by atoms with E-state index in [1.807, 2.05) is 7.05 Å². The van der Waals surface area contributed by atoms with Gasteiger partial charge in [-0.1, -0.05) is 32.1 Å². The number of likely N-dealkylation sites (tertiary alicyclic amines) is 1. The fourth-order valence-corrected chi connectivity index (χ4v) is 5.33. The Morgan fingerprint density at radius 3 is 2.36 bits per heavy atom. The van der Waals surface area contributed by atoms with Crippen LogP contribution in [-0.2, 0) is 4.74 Å². The number of aliphatic imine (C=N–C) groups is 1. The molecule has 0 aromatic carbocycles. The second-order valence-electron chi connectivity index (χ2n) is 7.79. The zero-order valence-corrected chi connectivity index (χ0v) is 14.0. The third-order valence-corrected chi connectivity index (χ3v) is 6.52. The van der Waals surface area contributed by atoms with Gasteiger partial charge in [-0.25, -0.2) is 0 Å². The van der Waals surface area contributed by atoms with Crippen molar-refractivity contribution in [2.24, 2.45) is 22.7 Å². The van der Waals surface area contributed by atoms with Crippen molar-refractivity contribution in [3.05, 3.63) is 0 Å². The van der Waals surface area contributed by atoms with Crippen LogP contribution in [0.2, 0.25) is 0 Å². The molecule has 4 aliphatic rings. The normalized spacial score (nSPS) is 38.6. The Morgan fingerprint density at radius 2 is 1.73 bits per heavy atom. The molecule has 1 aliphatic carbocycles. The number of hydrogen-bond donors (Lipinski definition) is 1. The lowest BCUT2D eigenvalue weighted by Gasteiger charge is -2.25. The first kappa shape index (κ1) is 14.8. The van der Waals surface area contributed by atoms with Crippen LogP contribution in [-0.4, -0.2) is 49.7 Å². The average molecular weight is 305 g/mol. The van der Waals surface area contributed by atoms with E-state index < -0.39 is 0 Å². The number of nitrogens with one attached hydrogen (secondary N) is 1. The summed E-state index contributed by atoms with van der Waals surface area (Å²) >= 11 is 0. The van der Waals surface area contributed by atoms with E-state index in [0.29, 0.717) is 12.2 Å². The molecule has 22 heavy (non-hydrogen) atoms. The molecular formula is C18H31N3O. The lowest BCUT2D eigenvalue weighted by atomic mass is 9.82. The summed E-state index contributed by atoms with van der Waals surface area (Å²) in [5, 5.41) is 3.63. The van der Waals surface area contributed by atoms with Gasteiger partial charge in [0.25, 0.3) is 0 Å². The lowest BCUT2D eigenvalue weighted by molar-refractivity contribution is 0.0767. The molecule has 3 aliphatic heterocycles. The summed E-state index contributed by atoms with van der Waals surface area (Å²) in [5.74, 6) is 3.59. The molecule has 2 bridgehead atoms. The van der Waals surface area contributed by atoms with Crippen LogP contribution in [0.1, 0.15) is 51.4 Å². The minimum Gasteiger partial charge on any atom is -0.374 e. The molecule has 3 heterocycles. The van der Waals surface area contributed by atoms with Crippen LogP contribution in [0.3, 0.4) is 0 Å². The predicted molar refractivity (Wildman–Crippen MR) is 89.0 cm³/mol. The minimum absolute atomic E-state index is 0.542. The number of rotatable bonds is 3. The van der Waals surface area contributed by atoms with Gasteiger partial charge >= 0.3 is 0 Å². The topological polar surface area (TPSA) is 36.9 Å². The third-order valence-electron chi connectivity index (χ3n) is 6.52. The summed E-state index contributed by atoms with van der Waals surface area (Å²) in [7, 11) is 1.93. The highest BCUT2D eigenvalue weighted by Gasteiger charge is 2.53. The highest BCUT2D eigenvalue weighted by atomic mass is 16.5. The Hall–Kier alpha value is -0.770. The molecule has 4 unspecified atom stereocenters. The molecule has 1 N–H and O–H groups in total. The zero-order valence-electron chi connectivity index (χ0n) is 14.0. The molecule has 4 fully saturated rings. The van der Waals surface area contributed by atoms with Crippen molar-refractivity contribution in [2.45, 2.75) is 63.6 Å². The SMILES string of the molecule is CN=C(NCCC1CCCCC1)N1CC2C3CCC(O3)C2C1. The van der Waals surface area contributed by atoms with Crippen LogP contribution < -0.4 is 5.32 Å². The molecule has 0 amide bonds. The van der Waals surface area contributed by atoms with Crippen LogP contribution in [0.5, 0.6) is 0 Å². The number of hydrogen-bond acceptors (Lipinski definition) is 2. The molecule has 3 saturated heterocycles. The number of ether oxygens (including phenoxy) is 1. The lowest BCUT2D eigenvalue weighted by Crippen LogP contribution is -2.42. The molecule has 4 heteroatoms. The minimum atomic E-state index is 0.542. The second-order valence-corrected chi connectivity index (χ2v) is 7.79. The maximum atomic E-state index is 6.07. The van der Waals surface area contributed by atoms with Crippen molar-refractivity contribution >= 4 is 5.96 Å². The molecule has 0 radical (unpaired) electrons. The molecule has 0 aromatic rings. The predicted octanol–water partition coefficient (Wildman–Crippen LogP) is 2.64. The van der Waals surface area contributed by atoms with Crippen molar-refractivity contribution in [2.75, 3.05) is 26.7 Å². The largest absolute Gasteiger partial charge is 0.374 e. The van der Waals surface area contributed by atoms with Gasteiger partial charge < -0.3 is 15.0 Å². The van der Waals surface area contributed by atoms with E-state index in [9.17, 15) is 0 Å². The van der Waals surface area contributed by atoms with Crippen molar-refractivity contribution < 1.29 is 4.74 Å². The Balaban J connectivity index is 1.26. The first-order valence-corrected chi connectivity index (χ1v) is 9.46. The quantitative estimate of drug-likeness (QED) is 0.643. The van der Waals surface area contributed by atoms with E-state index in [0.717, 1.165) is 43.3 Å². The molecule has 4 atom stereocenters. The van der Waals surface area contributed by atoms with Gasteiger partial charge in [-0.15, -0.1) is 0 Å². The first-order chi connectivity index (χ1) is 10.8. The van der Waals surface area contributed by atoms with Crippen molar-refractivity contribution in [1.29, 1.82) is 0 Å². The highest BCUT2D eigenvalue weighted by Crippen LogP contribution is 2.47. The van der Waals surface area contributed by atoms with Gasteiger partial charge in [0, 0.05) is 38.5 Å². The van der Waals surface area contributed by atoms with Gasteiger partial charge in [-0.3, -0.25) is 4.99 Å². The maximum absolute atomic E-state index is 6.07. The van der Waals surface area contributed by atoms with Gasteiger partial charge in [0.1, 0.15) is 0 Å². The van der Waals surface area contributed by atoms with Crippen LogP contribution in [0.25, 0.3) is 0 Å². The van der Waals surface area contributed by atoms with Crippen LogP contribution in [0.15, 0.2) is 4.99 Å². The first-order valence-electron chi connectivity index (χ1n) is 9.46. The second kappa shape index (κ2) is 6.38. The van der Waals surface area contributed by atoms with Gasteiger partial charge in [0.2, 0.25) is 0 Å². The van der Waals surface area contributed by atoms with Gasteiger partial charge in [-0.05, 0) is 25.2 Å². The molecule has 0 spiro atoms. The number of nitrogens with zero attached hydrogens (tertiary/aromatic N) is 2. The fourth-order valence-electron chi connectivity index (χ4n) is 5.33. The molecular weight excluding hydrogens is 274 g/mol. The van der Waals surface area contributed by atoms with Crippen LogP contribution in [0.4, 0.5) is 0 Å². The van der Waals surface area contributed by atoms with E-state index in [2.05, 4.69) is 15.2 Å². The van der Waals surface area contributed by atoms with E-state index in [1.54, 1.807) is 0 Å². The molecule has 4 rings (SSSR count). The third kappa shape index (κ3) is 2.75. The summed E-state index contributed by atoms with van der Waals surface area (Å²) in [6, 6.07) is 0. The number of guanidine groups is 1. The smallest absolute Gasteiger partial charge is 0.193 e. The summed E-state index contributed by atoms with van der Waals surface area (Å²) < 4.78 is 6.07. The monoisotopic (exact) mass is 305 g/mol. The maximum Gasteiger partial charge on any atom is 0.193 e. The summed E-state index contributed by atoms with van der Waals surface area (Å²) in [6.45, 7) is 3.39. The highest BCUT2D eigenvalue weighted by molar-refractivity contribution is 5.80. The van der Waals surface area contributed by atoms with E-state index in [-0.39, 0.29) is 0 Å². The van der Waals surface area contributed by atoms with E-state index >= 15 is 0 Å². The van der Waals surface area contributed by atoms with Crippen molar-refractivity contribution in [3.63, 3.8) is 0 Å². The Bertz CT molecular complexity index is 401. The zero-order chi connectivity index (χ0) is 14.9. The Kier molecular flexibility index (Phi) is 4.29. The molecule has 4 nitrogen and oxygen atoms in total. The van der Waals surface area contributed by atoms with E-state index in [1.165, 1.54) is 51.4 Å². The number of fused-ring (bicyclic) bond motifs is 5. The average Bonchev–Trinajstić information content (AvgIpc) is 3.25. The van der Waals surface area contributed by atoms with Crippen LogP contribution >= 0.6 is 0 Å². The molecule has 124 valence electrons. The Labute approximate surface area is 134 Å². The standard InChI is InChI=1S/C18H31N3O/c1-19-18(20-10-9-13-5-3-2-4-6-13)21-11-14-15(12-21)17-8-7-16(14)22-17/h13-17H,2-12H2,1H3,(H,19,20). The summed E-state index contributed by atoms with van der Waals surface area (Å²) in [6.07, 6.45) is 12.2. The van der Waals surface area contributed by atoms with Crippen LogP contribution in [0, 0.1) is 17.8 Å². The summed E-state index contributed by atoms with van der Waals surface area (Å²) in [4.78, 5) is 7.03. The molecule has 1 saturated carbocycles. The van der Waals surface area contributed by atoms with Gasteiger partial charge in [0.05, 0.1) is 12.2 Å². The molecule has 0 aromatic heterocycles. The Morgan fingerprint density at radius 1 is 1.05 bits per heavy atom. The van der Waals surface area contributed by atoms with Gasteiger partial charge in [0.15, 0.2) is 5.96 Å². The fraction of sp³-hybridized carbons (Fsp3) is 0.944. The van der Waals surface area contributed by atoms with Crippen molar-refractivity contribution in [3.8, 4) is 0 Å².